The predicted molar refractivity (Wildman–Crippen MR) is 107 cm³/mol. The summed E-state index contributed by atoms with van der Waals surface area (Å²) in [5.41, 5.74) is 2.72. The number of hydrogen-bond donors (Lipinski definition) is 0. The molecule has 2 heterocycles. The quantitative estimate of drug-likeness (QED) is 0.344. The average molecular weight is 405 g/mol. The molecular formula is C23H19NO6. The van der Waals surface area contributed by atoms with E-state index in [1.165, 1.54) is 12.3 Å². The smallest absolute Gasteiger partial charge is 0.400 e. The Kier molecular flexibility index (Phi) is 4.63. The highest BCUT2D eigenvalue weighted by atomic mass is 16.7. The van der Waals surface area contributed by atoms with Crippen LogP contribution in [0.2, 0.25) is 0 Å². The Labute approximate surface area is 172 Å². The number of methoxy groups -OCH3 is 1. The number of rotatable bonds is 6. The molecule has 3 aromatic rings. The van der Waals surface area contributed by atoms with Gasteiger partial charge in [-0.2, -0.15) is 0 Å². The lowest BCUT2D eigenvalue weighted by atomic mass is 10.0. The van der Waals surface area contributed by atoms with E-state index in [4.69, 9.17) is 23.5 Å². The number of nitrogens with zero attached hydrogens (tertiary/aromatic N) is 1. The molecule has 0 N–H and O–H groups in total. The van der Waals surface area contributed by atoms with Crippen molar-refractivity contribution in [2.75, 3.05) is 13.9 Å². The van der Waals surface area contributed by atoms with Crippen LogP contribution in [0.1, 0.15) is 34.0 Å². The molecule has 5 rings (SSSR count). The van der Waals surface area contributed by atoms with Crippen molar-refractivity contribution in [3.63, 3.8) is 0 Å². The minimum atomic E-state index is -0.633. The first-order valence-electron chi connectivity index (χ1n) is 9.59. The zero-order chi connectivity index (χ0) is 20.5. The monoisotopic (exact) mass is 405 g/mol. The van der Waals surface area contributed by atoms with E-state index < -0.39 is 5.97 Å². The van der Waals surface area contributed by atoms with Gasteiger partial charge < -0.3 is 23.5 Å². The van der Waals surface area contributed by atoms with Crippen LogP contribution in [-0.2, 0) is 4.84 Å². The average Bonchev–Trinajstić information content (AvgIpc) is 3.18. The third-order valence-corrected chi connectivity index (χ3v) is 5.30. The molecule has 7 nitrogen and oxygen atoms in total. The number of fused-ring (bicyclic) bond motifs is 1. The molecule has 0 spiro atoms. The van der Waals surface area contributed by atoms with E-state index in [1.54, 1.807) is 13.2 Å². The molecule has 0 unspecified atom stereocenters. The maximum absolute atomic E-state index is 12.2. The van der Waals surface area contributed by atoms with E-state index in [0.29, 0.717) is 5.71 Å². The first-order valence-corrected chi connectivity index (χ1v) is 9.59. The normalized spacial score (nSPS) is 19.4. The van der Waals surface area contributed by atoms with Crippen LogP contribution in [0.3, 0.4) is 0 Å². The van der Waals surface area contributed by atoms with Crippen molar-refractivity contribution in [3.05, 3.63) is 77.7 Å². The van der Waals surface area contributed by atoms with Crippen LogP contribution in [-0.4, -0.2) is 25.6 Å². The Morgan fingerprint density at radius 1 is 1.07 bits per heavy atom. The summed E-state index contributed by atoms with van der Waals surface area (Å²) in [4.78, 5) is 17.4. The van der Waals surface area contributed by atoms with Gasteiger partial charge in [0.25, 0.3) is 0 Å². The maximum atomic E-state index is 12.2. The second kappa shape index (κ2) is 7.59. The minimum absolute atomic E-state index is 0.107. The highest BCUT2D eigenvalue weighted by molar-refractivity contribution is 6.04. The maximum Gasteiger partial charge on any atom is 0.400 e. The first-order chi connectivity index (χ1) is 14.7. The van der Waals surface area contributed by atoms with E-state index in [2.05, 4.69) is 5.16 Å². The van der Waals surface area contributed by atoms with Gasteiger partial charge in [-0.05, 0) is 72.0 Å². The number of furan rings is 1. The number of carbonyl (C=O) groups excluding carboxylic acids is 1. The molecule has 0 saturated heterocycles. The molecule has 152 valence electrons. The Hall–Kier alpha value is -3.74. The zero-order valence-electron chi connectivity index (χ0n) is 16.2. The number of carbonyl (C=O) groups is 1. The van der Waals surface area contributed by atoms with Crippen LogP contribution in [0.25, 0.3) is 0 Å². The number of hydrogen-bond acceptors (Lipinski definition) is 7. The SMILES string of the molecule is COc1ccc(/C(=N/OC(=O)c2ccco2)[C@@H]2C[C@H]2c2ccc3c(c2)OCO3)cc1. The standard InChI is InChI=1S/C23H19NO6/c1-26-16-7-4-14(5-8-16)22(24-30-23(25)20-3-2-10-27-20)18-12-17(18)15-6-9-19-21(11-15)29-13-28-19/h2-11,17-18H,12-13H2,1H3/b24-22-/t17-,18+/m0/s1. The summed E-state index contributed by atoms with van der Waals surface area (Å²) in [6, 6.07) is 16.7. The fourth-order valence-electron chi connectivity index (χ4n) is 3.64. The van der Waals surface area contributed by atoms with E-state index in [0.717, 1.165) is 34.8 Å². The van der Waals surface area contributed by atoms with Gasteiger partial charge in [-0.25, -0.2) is 4.79 Å². The third-order valence-electron chi connectivity index (χ3n) is 5.30. The molecule has 1 aliphatic heterocycles. The summed E-state index contributed by atoms with van der Waals surface area (Å²) in [7, 11) is 1.62. The fourth-order valence-corrected chi connectivity index (χ4v) is 3.64. The van der Waals surface area contributed by atoms with Gasteiger partial charge in [0.1, 0.15) is 5.75 Å². The molecule has 2 aliphatic rings. The summed E-state index contributed by atoms with van der Waals surface area (Å²) < 4.78 is 21.2. The Morgan fingerprint density at radius 2 is 1.90 bits per heavy atom. The lowest BCUT2D eigenvalue weighted by molar-refractivity contribution is 0.0479. The van der Waals surface area contributed by atoms with Gasteiger partial charge in [0.15, 0.2) is 11.5 Å². The van der Waals surface area contributed by atoms with Crippen molar-refractivity contribution in [2.45, 2.75) is 12.3 Å². The van der Waals surface area contributed by atoms with Gasteiger partial charge in [-0.3, -0.25) is 0 Å². The summed E-state index contributed by atoms with van der Waals surface area (Å²) in [5.74, 6) is 2.10. The second-order valence-electron chi connectivity index (χ2n) is 7.12. The van der Waals surface area contributed by atoms with E-state index in [-0.39, 0.29) is 24.4 Å². The van der Waals surface area contributed by atoms with E-state index in [9.17, 15) is 4.79 Å². The van der Waals surface area contributed by atoms with Gasteiger partial charge in [0.2, 0.25) is 12.6 Å². The van der Waals surface area contributed by atoms with Crippen LogP contribution >= 0.6 is 0 Å². The van der Waals surface area contributed by atoms with Crippen molar-refractivity contribution in [1.82, 2.24) is 0 Å². The van der Waals surface area contributed by atoms with Crippen LogP contribution in [0.15, 0.2) is 70.4 Å². The van der Waals surface area contributed by atoms with Crippen molar-refractivity contribution in [2.24, 2.45) is 11.1 Å². The van der Waals surface area contributed by atoms with Crippen molar-refractivity contribution in [1.29, 1.82) is 0 Å². The second-order valence-corrected chi connectivity index (χ2v) is 7.12. The molecule has 1 aromatic heterocycles. The van der Waals surface area contributed by atoms with E-state index in [1.807, 2.05) is 42.5 Å². The molecule has 0 amide bonds. The van der Waals surface area contributed by atoms with Gasteiger partial charge in [-0.15, -0.1) is 0 Å². The molecule has 0 bridgehead atoms. The lowest BCUT2D eigenvalue weighted by Crippen LogP contribution is -2.09. The molecule has 0 radical (unpaired) electrons. The molecule has 30 heavy (non-hydrogen) atoms. The topological polar surface area (TPSA) is 79.5 Å². The first kappa shape index (κ1) is 18.3. The Bertz CT molecular complexity index is 1090. The predicted octanol–water partition coefficient (Wildman–Crippen LogP) is 4.38. The minimum Gasteiger partial charge on any atom is -0.497 e. The zero-order valence-corrected chi connectivity index (χ0v) is 16.2. The molecular weight excluding hydrogens is 386 g/mol. The van der Waals surface area contributed by atoms with Gasteiger partial charge in [-0.1, -0.05) is 11.2 Å². The summed E-state index contributed by atoms with van der Waals surface area (Å²) >= 11 is 0. The Balaban J connectivity index is 1.41. The van der Waals surface area contributed by atoms with Crippen LogP contribution in [0.5, 0.6) is 17.2 Å². The number of benzene rings is 2. The largest absolute Gasteiger partial charge is 0.497 e. The van der Waals surface area contributed by atoms with Crippen LogP contribution < -0.4 is 14.2 Å². The molecule has 7 heteroatoms. The summed E-state index contributed by atoms with van der Waals surface area (Å²) in [5, 5.41) is 4.23. The molecule has 2 aromatic carbocycles. The summed E-state index contributed by atoms with van der Waals surface area (Å²) in [6.45, 7) is 0.244. The molecule has 2 atom stereocenters. The number of oxime groups is 1. The van der Waals surface area contributed by atoms with Crippen molar-refractivity contribution >= 4 is 11.7 Å². The van der Waals surface area contributed by atoms with Crippen LogP contribution in [0.4, 0.5) is 0 Å². The van der Waals surface area contributed by atoms with Gasteiger partial charge in [0.05, 0.1) is 19.1 Å². The van der Waals surface area contributed by atoms with Crippen LogP contribution in [0, 0.1) is 5.92 Å². The molecule has 1 aliphatic carbocycles. The summed E-state index contributed by atoms with van der Waals surface area (Å²) in [6.07, 6.45) is 2.31. The van der Waals surface area contributed by atoms with Gasteiger partial charge >= 0.3 is 5.97 Å². The van der Waals surface area contributed by atoms with Gasteiger partial charge in [0, 0.05) is 5.92 Å². The molecule has 1 saturated carbocycles. The fraction of sp³-hybridized carbons (Fsp3) is 0.217. The highest BCUT2D eigenvalue weighted by Crippen LogP contribution is 2.51. The van der Waals surface area contributed by atoms with E-state index >= 15 is 0 Å². The molecule has 1 fully saturated rings. The van der Waals surface area contributed by atoms with Crippen molar-refractivity contribution in [3.8, 4) is 17.2 Å². The highest BCUT2D eigenvalue weighted by Gasteiger charge is 2.43. The Morgan fingerprint density at radius 3 is 2.67 bits per heavy atom. The lowest BCUT2D eigenvalue weighted by Gasteiger charge is -2.08. The number of ether oxygens (including phenoxy) is 3. The third kappa shape index (κ3) is 3.50. The van der Waals surface area contributed by atoms with Crippen molar-refractivity contribution < 1.29 is 28.3 Å².